The molecule has 0 heterocycles. The van der Waals surface area contributed by atoms with Crippen LogP contribution in [0.15, 0.2) is 100 Å². The van der Waals surface area contributed by atoms with E-state index in [9.17, 15) is 0 Å². The standard InChI is InChI=1S/C21H25.C17H18.C5H5.2ClH.Zr/c1-20(2,3)16-9-7-14-11-15-8-10-17(21(4,5)6)13-19(15)18(14)12-16;1-14-6-3-8-16(12-14)10-5-11-17-9-4-7-15(2)13-17;1-2-4-5-3-1;;;/h7,9-10,12-13H,11H2,1-6H3;3-4,6-9,12-13H,10-11H2,1-2H3;1-3H,4H2;2*1H;. The van der Waals surface area contributed by atoms with Gasteiger partial charge in [0.25, 0.3) is 0 Å². The van der Waals surface area contributed by atoms with Gasteiger partial charge in [-0.15, -0.1) is 24.8 Å². The molecule has 4 aromatic carbocycles. The molecule has 2 aliphatic carbocycles. The summed E-state index contributed by atoms with van der Waals surface area (Å²) in [5.41, 5.74) is 14.8. The number of allylic oxidation sites excluding steroid dienone is 4. The van der Waals surface area contributed by atoms with E-state index in [4.69, 9.17) is 0 Å². The third-order valence-corrected chi connectivity index (χ3v) is 17.0. The molecule has 6 rings (SSSR count). The van der Waals surface area contributed by atoms with Gasteiger partial charge in [-0.3, -0.25) is 0 Å². The molecule has 0 spiro atoms. The first-order chi connectivity index (χ1) is 20.9. The summed E-state index contributed by atoms with van der Waals surface area (Å²) in [5.74, 6) is 0. The van der Waals surface area contributed by atoms with Gasteiger partial charge >= 0.3 is 276 Å². The molecular formula is C43H50Cl2Zr. The molecule has 240 valence electrons. The first-order valence-corrected chi connectivity index (χ1v) is 20.1. The molecular weight excluding hydrogens is 679 g/mol. The van der Waals surface area contributed by atoms with Crippen molar-refractivity contribution in [2.24, 2.45) is 0 Å². The second-order valence-electron chi connectivity index (χ2n) is 15.2. The van der Waals surface area contributed by atoms with Crippen LogP contribution in [0.5, 0.6) is 0 Å². The molecule has 3 heteroatoms. The summed E-state index contributed by atoms with van der Waals surface area (Å²) in [7, 11) is 0. The number of hydrogen-bond donors (Lipinski definition) is 0. The van der Waals surface area contributed by atoms with Gasteiger partial charge in [0.1, 0.15) is 0 Å². The predicted molar refractivity (Wildman–Crippen MR) is 203 cm³/mol. The Morgan fingerprint density at radius 1 is 0.674 bits per heavy atom. The van der Waals surface area contributed by atoms with E-state index in [0.29, 0.717) is 0 Å². The number of fused-ring (bicyclic) bond motifs is 3. The fourth-order valence-electron chi connectivity index (χ4n) is 7.00. The van der Waals surface area contributed by atoms with Crippen LogP contribution in [0.25, 0.3) is 11.1 Å². The van der Waals surface area contributed by atoms with Gasteiger partial charge in [0.05, 0.1) is 0 Å². The molecule has 0 saturated carbocycles. The van der Waals surface area contributed by atoms with Crippen molar-refractivity contribution in [2.75, 3.05) is 0 Å². The summed E-state index contributed by atoms with van der Waals surface area (Å²) in [6, 6.07) is 31.0. The van der Waals surface area contributed by atoms with Gasteiger partial charge in [-0.05, 0) is 0 Å². The van der Waals surface area contributed by atoms with E-state index in [1.165, 1.54) is 50.1 Å². The van der Waals surface area contributed by atoms with E-state index in [-0.39, 0.29) is 35.6 Å². The second kappa shape index (κ2) is 14.4. The van der Waals surface area contributed by atoms with E-state index >= 15 is 0 Å². The minimum absolute atomic E-state index is 0. The van der Waals surface area contributed by atoms with Gasteiger partial charge in [-0.2, -0.15) is 0 Å². The first-order valence-electron chi connectivity index (χ1n) is 16.4. The summed E-state index contributed by atoms with van der Waals surface area (Å²) in [6.07, 6.45) is 11.5. The molecule has 0 amide bonds. The van der Waals surface area contributed by atoms with Crippen LogP contribution in [0, 0.1) is 13.8 Å². The van der Waals surface area contributed by atoms with Gasteiger partial charge in [-0.25, -0.2) is 0 Å². The molecule has 0 radical (unpaired) electrons. The minimum atomic E-state index is -2.57. The average molecular weight is 729 g/mol. The molecule has 0 unspecified atom stereocenters. The van der Waals surface area contributed by atoms with Crippen molar-refractivity contribution in [3.8, 4) is 11.1 Å². The van der Waals surface area contributed by atoms with Gasteiger partial charge in [0.2, 0.25) is 0 Å². The Balaban J connectivity index is 0.00000240. The third-order valence-electron chi connectivity index (χ3n) is 9.46. The van der Waals surface area contributed by atoms with Crippen LogP contribution in [-0.4, -0.2) is 3.21 Å². The fraction of sp³-hybridized carbons (Fsp3) is 0.326. The molecule has 0 saturated heterocycles. The maximum absolute atomic E-state index is 2.68. The Morgan fingerprint density at radius 3 is 1.78 bits per heavy atom. The predicted octanol–water partition coefficient (Wildman–Crippen LogP) is 11.1. The van der Waals surface area contributed by atoms with Crippen LogP contribution < -0.4 is 3.27 Å². The number of hydrogen-bond acceptors (Lipinski definition) is 0. The van der Waals surface area contributed by atoms with Gasteiger partial charge in [0.15, 0.2) is 0 Å². The Bertz CT molecular complexity index is 1790. The van der Waals surface area contributed by atoms with Crippen LogP contribution in [0.1, 0.15) is 92.5 Å². The number of rotatable bonds is 6. The van der Waals surface area contributed by atoms with Gasteiger partial charge in [0, 0.05) is 0 Å². The zero-order chi connectivity index (χ0) is 31.2. The maximum atomic E-state index is 2.68. The quantitative estimate of drug-likeness (QED) is 0.163. The van der Waals surface area contributed by atoms with Crippen molar-refractivity contribution >= 4 is 31.3 Å². The SMILES string of the molecule is Cc1cccc(C[C](Cc2cccc(C)c2)=[Zr]([C]2=CC=CC2)[c]2cc(C(C)(C)C)cc3c2Cc2ccc(C(C)(C)C)cc2-3)c1.Cl.Cl. The summed E-state index contributed by atoms with van der Waals surface area (Å²) in [5, 5.41) is 0. The number of benzene rings is 4. The molecule has 0 nitrogen and oxygen atoms in total. The van der Waals surface area contributed by atoms with Gasteiger partial charge in [-0.1, -0.05) is 0 Å². The molecule has 0 aromatic heterocycles. The normalized spacial score (nSPS) is 13.3. The zero-order valence-electron chi connectivity index (χ0n) is 28.9. The van der Waals surface area contributed by atoms with Crippen molar-refractivity contribution < 1.29 is 21.3 Å². The largest absolute Gasteiger partial charge is 0.147 e. The second-order valence-corrected chi connectivity index (χ2v) is 21.7. The van der Waals surface area contributed by atoms with Gasteiger partial charge < -0.3 is 0 Å². The van der Waals surface area contributed by atoms with Crippen molar-refractivity contribution in [2.45, 2.75) is 91.9 Å². The Hall–Kier alpha value is -2.31. The summed E-state index contributed by atoms with van der Waals surface area (Å²) in [6.45, 7) is 18.7. The molecule has 0 aliphatic heterocycles. The Labute approximate surface area is 298 Å². The van der Waals surface area contributed by atoms with Crippen molar-refractivity contribution in [1.29, 1.82) is 0 Å². The summed E-state index contributed by atoms with van der Waals surface area (Å²) in [4.78, 5) is 0. The fourth-order valence-corrected chi connectivity index (χ4v) is 15.2. The molecule has 2 aliphatic rings. The third kappa shape index (κ3) is 7.86. The minimum Gasteiger partial charge on any atom is -0.147 e. The summed E-state index contributed by atoms with van der Waals surface area (Å²) < 4.78 is 5.23. The van der Waals surface area contributed by atoms with E-state index < -0.39 is 21.3 Å². The topological polar surface area (TPSA) is 0 Å². The van der Waals surface area contributed by atoms with Crippen LogP contribution in [0.4, 0.5) is 0 Å². The molecule has 0 atom stereocenters. The van der Waals surface area contributed by atoms with E-state index in [0.717, 1.165) is 25.7 Å². The number of halogens is 2. The van der Waals surface area contributed by atoms with Crippen molar-refractivity contribution in [3.05, 3.63) is 145 Å². The molecule has 0 N–H and O–H groups in total. The molecule has 4 aromatic rings. The molecule has 0 bridgehead atoms. The Kier molecular flexibility index (Phi) is 11.5. The van der Waals surface area contributed by atoms with Crippen molar-refractivity contribution in [1.82, 2.24) is 0 Å². The molecule has 0 fully saturated rings. The van der Waals surface area contributed by atoms with E-state index in [1.807, 2.05) is 0 Å². The number of aryl methyl sites for hydroxylation is 2. The van der Waals surface area contributed by atoms with E-state index in [1.54, 1.807) is 15.3 Å². The van der Waals surface area contributed by atoms with Crippen LogP contribution >= 0.6 is 24.8 Å². The van der Waals surface area contributed by atoms with Crippen LogP contribution in [-0.2, 0) is 51.4 Å². The monoisotopic (exact) mass is 726 g/mol. The van der Waals surface area contributed by atoms with Crippen molar-refractivity contribution in [3.63, 3.8) is 0 Å². The van der Waals surface area contributed by atoms with Crippen LogP contribution in [0.3, 0.4) is 0 Å². The zero-order valence-corrected chi connectivity index (χ0v) is 33.0. The molecule has 46 heavy (non-hydrogen) atoms. The Morgan fingerprint density at radius 2 is 1.26 bits per heavy atom. The average Bonchev–Trinajstić information content (AvgIpc) is 3.60. The van der Waals surface area contributed by atoms with E-state index in [2.05, 4.69) is 152 Å². The summed E-state index contributed by atoms with van der Waals surface area (Å²) >= 11 is -2.57. The first kappa shape index (κ1) is 36.5. The smallest absolute Gasteiger partial charge is 0.147 e. The van der Waals surface area contributed by atoms with Crippen LogP contribution in [0.2, 0.25) is 0 Å². The maximum Gasteiger partial charge on any atom is -0.147 e.